The Morgan fingerprint density at radius 1 is 1.04 bits per heavy atom. The Balaban J connectivity index is 2.71. The first-order chi connectivity index (χ1) is 13.4. The largest absolute Gasteiger partial charge is 0.378 e. The van der Waals surface area contributed by atoms with E-state index >= 15 is 0 Å². The third-order valence-corrected chi connectivity index (χ3v) is 7.90. The fourth-order valence-corrected chi connectivity index (χ4v) is 5.27. The number of hydrogen-bond donors (Lipinski definition) is 1. The molecule has 0 saturated heterocycles. The van der Waals surface area contributed by atoms with Gasteiger partial charge in [0.1, 0.15) is 5.44 Å². The maximum absolute atomic E-state index is 11.4. The predicted octanol–water partition coefficient (Wildman–Crippen LogP) is 4.20. The van der Waals surface area contributed by atoms with Gasteiger partial charge in [-0.1, -0.05) is 48.8 Å². The highest BCUT2D eigenvalue weighted by atomic mass is 32.2. The molecule has 0 aliphatic carbocycles. The summed E-state index contributed by atoms with van der Waals surface area (Å²) in [4.78, 5) is 27.3. The minimum atomic E-state index is -0.528. The fraction of sp³-hybridized carbons (Fsp3) is 0.667. The number of carbonyl (C=O) groups excluding carboxylic acids is 1. The van der Waals surface area contributed by atoms with Crippen LogP contribution in [-0.2, 0) is 4.79 Å². The SMILES string of the molecule is C=C(C)C(O)SCCSc1nc(SCCSC(=O)CC)nc(N(CC)CC)n1. The summed E-state index contributed by atoms with van der Waals surface area (Å²) in [5.41, 5.74) is 0.233. The number of aromatic nitrogens is 3. The molecule has 0 bridgehead atoms. The Morgan fingerprint density at radius 3 is 2.11 bits per heavy atom. The van der Waals surface area contributed by atoms with Gasteiger partial charge < -0.3 is 10.0 Å². The first-order valence-electron chi connectivity index (χ1n) is 9.28. The summed E-state index contributed by atoms with van der Waals surface area (Å²) in [7, 11) is 0. The highest BCUT2D eigenvalue weighted by Crippen LogP contribution is 2.24. The molecule has 0 aromatic carbocycles. The normalized spacial score (nSPS) is 12.0. The molecule has 0 fully saturated rings. The standard InChI is InChI=1S/C18H30N4O2S4/c1-6-14(23)25-9-11-27-17-19-16(22(7-2)8-3)20-18(21-17)28-12-10-26-15(24)13(4)5/h15,24H,4,6-12H2,1-3,5H3. The Hall–Kier alpha value is -0.420. The molecule has 1 atom stereocenters. The van der Waals surface area contributed by atoms with Gasteiger partial charge in [0.05, 0.1) is 0 Å². The highest BCUT2D eigenvalue weighted by molar-refractivity contribution is 8.14. The second-order valence-electron chi connectivity index (χ2n) is 5.71. The highest BCUT2D eigenvalue weighted by Gasteiger charge is 2.13. The summed E-state index contributed by atoms with van der Waals surface area (Å²) in [6, 6.07) is 0. The van der Waals surface area contributed by atoms with E-state index in [0.29, 0.717) is 22.7 Å². The van der Waals surface area contributed by atoms with Crippen LogP contribution in [0.3, 0.4) is 0 Å². The monoisotopic (exact) mass is 462 g/mol. The van der Waals surface area contributed by atoms with Crippen molar-refractivity contribution in [2.24, 2.45) is 0 Å². The maximum Gasteiger partial charge on any atom is 0.230 e. The van der Waals surface area contributed by atoms with Crippen LogP contribution in [-0.4, -0.2) is 66.7 Å². The lowest BCUT2D eigenvalue weighted by Crippen LogP contribution is -2.25. The van der Waals surface area contributed by atoms with Gasteiger partial charge in [-0.2, -0.15) is 15.0 Å². The molecule has 0 aliphatic rings. The predicted molar refractivity (Wildman–Crippen MR) is 126 cm³/mol. The molecule has 1 N–H and O–H groups in total. The van der Waals surface area contributed by atoms with E-state index in [0.717, 1.165) is 41.7 Å². The molecule has 0 radical (unpaired) electrons. The molecule has 0 aliphatic heterocycles. The van der Waals surface area contributed by atoms with Gasteiger partial charge in [-0.25, -0.2) is 0 Å². The van der Waals surface area contributed by atoms with Gasteiger partial charge in [0, 0.05) is 42.5 Å². The van der Waals surface area contributed by atoms with Crippen molar-refractivity contribution in [3.63, 3.8) is 0 Å². The fourth-order valence-electron chi connectivity index (χ4n) is 1.93. The van der Waals surface area contributed by atoms with Crippen LogP contribution in [0.15, 0.2) is 22.5 Å². The van der Waals surface area contributed by atoms with Crippen LogP contribution in [0.1, 0.15) is 34.1 Å². The van der Waals surface area contributed by atoms with Gasteiger partial charge in [0.15, 0.2) is 15.4 Å². The Morgan fingerprint density at radius 2 is 1.61 bits per heavy atom. The van der Waals surface area contributed by atoms with Crippen LogP contribution in [0, 0.1) is 0 Å². The number of nitrogens with zero attached hydrogens (tertiary/aromatic N) is 4. The summed E-state index contributed by atoms with van der Waals surface area (Å²) < 4.78 is 0. The Bertz CT molecular complexity index is 630. The molecule has 6 nitrogen and oxygen atoms in total. The summed E-state index contributed by atoms with van der Waals surface area (Å²) in [6.45, 7) is 13.3. The van der Waals surface area contributed by atoms with E-state index in [9.17, 15) is 9.90 Å². The molecule has 0 amide bonds. The number of thioether (sulfide) groups is 4. The number of anilines is 1. The van der Waals surface area contributed by atoms with Crippen LogP contribution in [0.4, 0.5) is 5.95 Å². The van der Waals surface area contributed by atoms with Crippen molar-refractivity contribution in [1.29, 1.82) is 0 Å². The van der Waals surface area contributed by atoms with E-state index in [-0.39, 0.29) is 5.12 Å². The van der Waals surface area contributed by atoms with Gasteiger partial charge in [-0.05, 0) is 26.3 Å². The Labute approximate surface area is 185 Å². The summed E-state index contributed by atoms with van der Waals surface area (Å²) in [6.07, 6.45) is 0.562. The van der Waals surface area contributed by atoms with E-state index in [1.807, 2.05) is 13.8 Å². The molecule has 158 valence electrons. The molecule has 1 unspecified atom stereocenters. The number of aliphatic hydroxyl groups excluding tert-OH is 1. The molecular weight excluding hydrogens is 432 g/mol. The van der Waals surface area contributed by atoms with Crippen LogP contribution in [0.2, 0.25) is 0 Å². The quantitative estimate of drug-likeness (QED) is 0.188. The van der Waals surface area contributed by atoms with Crippen molar-refractivity contribution in [2.75, 3.05) is 41.0 Å². The van der Waals surface area contributed by atoms with Crippen LogP contribution < -0.4 is 4.90 Å². The molecule has 1 rings (SSSR count). The molecular formula is C18H30N4O2S4. The number of rotatable bonds is 14. The maximum atomic E-state index is 11.4. The zero-order chi connectivity index (χ0) is 20.9. The van der Waals surface area contributed by atoms with Crippen molar-refractivity contribution in [1.82, 2.24) is 15.0 Å². The van der Waals surface area contributed by atoms with E-state index in [2.05, 4.69) is 40.3 Å². The van der Waals surface area contributed by atoms with Crippen molar-refractivity contribution in [3.8, 4) is 0 Å². The molecule has 28 heavy (non-hydrogen) atoms. The lowest BCUT2D eigenvalue weighted by molar-refractivity contribution is -0.110. The van der Waals surface area contributed by atoms with Crippen molar-refractivity contribution < 1.29 is 9.90 Å². The molecule has 10 heteroatoms. The van der Waals surface area contributed by atoms with E-state index in [1.54, 1.807) is 23.5 Å². The average molecular weight is 463 g/mol. The lowest BCUT2D eigenvalue weighted by atomic mass is 10.4. The second-order valence-corrected chi connectivity index (χ2v) is 10.2. The van der Waals surface area contributed by atoms with E-state index < -0.39 is 5.44 Å². The van der Waals surface area contributed by atoms with Crippen molar-refractivity contribution >= 4 is 58.1 Å². The van der Waals surface area contributed by atoms with Crippen LogP contribution >= 0.6 is 47.0 Å². The van der Waals surface area contributed by atoms with Crippen molar-refractivity contribution in [3.05, 3.63) is 12.2 Å². The zero-order valence-corrected chi connectivity index (χ0v) is 20.3. The zero-order valence-electron chi connectivity index (χ0n) is 17.0. The van der Waals surface area contributed by atoms with Crippen molar-refractivity contribution in [2.45, 2.75) is 49.9 Å². The van der Waals surface area contributed by atoms with Gasteiger partial charge in [0.25, 0.3) is 0 Å². The molecule has 1 aromatic heterocycles. The third kappa shape index (κ3) is 9.87. The van der Waals surface area contributed by atoms with E-state index in [4.69, 9.17) is 0 Å². The van der Waals surface area contributed by atoms with E-state index in [1.165, 1.54) is 23.5 Å². The number of carbonyl (C=O) groups is 1. The topological polar surface area (TPSA) is 79.2 Å². The number of aliphatic hydroxyl groups is 1. The molecule has 0 saturated carbocycles. The average Bonchev–Trinajstić information content (AvgIpc) is 2.69. The van der Waals surface area contributed by atoms with Gasteiger partial charge >= 0.3 is 0 Å². The lowest BCUT2D eigenvalue weighted by Gasteiger charge is -2.19. The first kappa shape index (κ1) is 25.6. The molecule has 1 heterocycles. The van der Waals surface area contributed by atoms with Crippen LogP contribution in [0.5, 0.6) is 0 Å². The van der Waals surface area contributed by atoms with Gasteiger partial charge in [0.2, 0.25) is 5.95 Å². The Kier molecular flexibility index (Phi) is 13.3. The van der Waals surface area contributed by atoms with Gasteiger partial charge in [-0.3, -0.25) is 4.79 Å². The first-order valence-corrected chi connectivity index (χ1v) is 13.3. The second kappa shape index (κ2) is 14.5. The molecule has 0 spiro atoms. The number of hydrogen-bond acceptors (Lipinski definition) is 10. The minimum absolute atomic E-state index is 0.214. The molecule has 1 aromatic rings. The smallest absolute Gasteiger partial charge is 0.230 e. The summed E-state index contributed by atoms with van der Waals surface area (Å²) in [5.74, 6) is 3.80. The third-order valence-electron chi connectivity index (χ3n) is 3.51. The van der Waals surface area contributed by atoms with Crippen LogP contribution in [0.25, 0.3) is 0 Å². The summed E-state index contributed by atoms with van der Waals surface area (Å²) in [5, 5.41) is 11.4. The summed E-state index contributed by atoms with van der Waals surface area (Å²) >= 11 is 5.94. The van der Waals surface area contributed by atoms with Gasteiger partial charge in [-0.15, -0.1) is 11.8 Å². The minimum Gasteiger partial charge on any atom is -0.378 e.